The Balaban J connectivity index is 3.34. The number of hydrogen-bond donors (Lipinski definition) is 1. The maximum Gasteiger partial charge on any atom is 0.0525 e. The summed E-state index contributed by atoms with van der Waals surface area (Å²) in [6.45, 7) is 6.26. The van der Waals surface area contributed by atoms with Gasteiger partial charge >= 0.3 is 0 Å². The molecule has 0 amide bonds. The molecule has 1 atom stereocenters. The predicted octanol–water partition coefficient (Wildman–Crippen LogP) is 12.4. The second-order valence-electron chi connectivity index (χ2n) is 12.6. The first-order valence-corrected chi connectivity index (χ1v) is 18.5. The van der Waals surface area contributed by atoms with E-state index < -0.39 is 0 Å². The Labute approximate surface area is 253 Å². The van der Waals surface area contributed by atoms with Gasteiger partial charge in [-0.25, -0.2) is 0 Å². The molecule has 0 aliphatic heterocycles. The summed E-state index contributed by atoms with van der Waals surface area (Å²) in [5, 5.41) is 9.64. The average molecular weight is 563 g/mol. The zero-order valence-corrected chi connectivity index (χ0v) is 27.8. The van der Waals surface area contributed by atoms with Crippen LogP contribution in [0.1, 0.15) is 206 Å². The number of ether oxygens (including phenoxy) is 1. The molecule has 0 spiro atoms. The SMILES string of the molecule is CCCCCCCCCCCCCCCCC#CCC(CO)COCCCCCCCCCCCCCCCC. The van der Waals surface area contributed by atoms with Crippen LogP contribution < -0.4 is 0 Å². The lowest BCUT2D eigenvalue weighted by molar-refractivity contribution is 0.0724. The Morgan fingerprint density at radius 2 is 0.800 bits per heavy atom. The molecule has 40 heavy (non-hydrogen) atoms. The molecule has 0 aromatic carbocycles. The Morgan fingerprint density at radius 3 is 1.18 bits per heavy atom. The molecule has 0 aliphatic carbocycles. The number of hydrogen-bond acceptors (Lipinski definition) is 2. The molecule has 2 heteroatoms. The molecule has 0 saturated heterocycles. The lowest BCUT2D eigenvalue weighted by Crippen LogP contribution is -2.14. The van der Waals surface area contributed by atoms with Gasteiger partial charge in [-0.2, -0.15) is 0 Å². The first-order valence-electron chi connectivity index (χ1n) is 18.5. The summed E-state index contributed by atoms with van der Waals surface area (Å²) in [4.78, 5) is 0. The van der Waals surface area contributed by atoms with Crippen LogP contribution in [-0.2, 0) is 4.74 Å². The topological polar surface area (TPSA) is 29.5 Å². The van der Waals surface area contributed by atoms with Crippen LogP contribution in [0.4, 0.5) is 0 Å². The minimum atomic E-state index is 0.176. The van der Waals surface area contributed by atoms with Crippen LogP contribution in [-0.4, -0.2) is 24.9 Å². The highest BCUT2D eigenvalue weighted by molar-refractivity contribution is 4.99. The van der Waals surface area contributed by atoms with Crippen LogP contribution in [0, 0.1) is 17.8 Å². The monoisotopic (exact) mass is 563 g/mol. The van der Waals surface area contributed by atoms with Crippen LogP contribution >= 0.6 is 0 Å². The maximum atomic E-state index is 9.64. The van der Waals surface area contributed by atoms with Crippen LogP contribution in [0.3, 0.4) is 0 Å². The lowest BCUT2D eigenvalue weighted by atomic mass is 10.0. The summed E-state index contributed by atoms with van der Waals surface area (Å²) < 4.78 is 5.85. The highest BCUT2D eigenvalue weighted by atomic mass is 16.5. The van der Waals surface area contributed by atoms with E-state index in [1.54, 1.807) is 0 Å². The van der Waals surface area contributed by atoms with Crippen molar-refractivity contribution in [1.29, 1.82) is 0 Å². The Bertz CT molecular complexity index is 505. The minimum Gasteiger partial charge on any atom is -0.396 e. The van der Waals surface area contributed by atoms with Crippen molar-refractivity contribution in [1.82, 2.24) is 0 Å². The third kappa shape index (κ3) is 33.7. The van der Waals surface area contributed by atoms with Crippen LogP contribution in [0.5, 0.6) is 0 Å². The van der Waals surface area contributed by atoms with Crippen molar-refractivity contribution in [2.24, 2.45) is 5.92 Å². The molecule has 0 rings (SSSR count). The molecule has 0 bridgehead atoms. The summed E-state index contributed by atoms with van der Waals surface area (Å²) in [5.41, 5.74) is 0. The molecule has 1 N–H and O–H groups in total. The standard InChI is InChI=1S/C38H74O2/c1-3-5-7-9-11-13-15-17-19-20-21-22-24-26-28-30-32-34-38(36-39)37-40-35-33-31-29-27-25-23-18-16-14-12-10-8-6-4-2/h38-39H,3-29,31,33-37H2,1-2H3. The molecule has 238 valence electrons. The molecule has 2 nitrogen and oxygen atoms in total. The van der Waals surface area contributed by atoms with Gasteiger partial charge in [0, 0.05) is 32.0 Å². The fourth-order valence-electron chi connectivity index (χ4n) is 5.54. The van der Waals surface area contributed by atoms with Gasteiger partial charge in [-0.15, -0.1) is 11.8 Å². The summed E-state index contributed by atoms with van der Waals surface area (Å²) in [5.74, 6) is 6.81. The molecule has 0 aliphatic rings. The summed E-state index contributed by atoms with van der Waals surface area (Å²) in [7, 11) is 0. The van der Waals surface area contributed by atoms with Crippen LogP contribution in [0.15, 0.2) is 0 Å². The molecule has 1 unspecified atom stereocenters. The summed E-state index contributed by atoms with van der Waals surface area (Å²) in [6, 6.07) is 0. The smallest absolute Gasteiger partial charge is 0.0525 e. The molecule has 0 radical (unpaired) electrons. The maximum absolute atomic E-state index is 9.64. The normalized spacial score (nSPS) is 12.0. The first-order chi connectivity index (χ1) is 19.8. The van der Waals surface area contributed by atoms with Crippen molar-refractivity contribution in [2.45, 2.75) is 206 Å². The van der Waals surface area contributed by atoms with Crippen molar-refractivity contribution < 1.29 is 9.84 Å². The average Bonchev–Trinajstić information content (AvgIpc) is 2.97. The zero-order chi connectivity index (χ0) is 29.0. The largest absolute Gasteiger partial charge is 0.396 e. The molecular formula is C38H74O2. The Kier molecular flexibility index (Phi) is 36.0. The highest BCUT2D eigenvalue weighted by Gasteiger charge is 2.05. The van der Waals surface area contributed by atoms with Gasteiger partial charge < -0.3 is 9.84 Å². The molecule has 0 heterocycles. The van der Waals surface area contributed by atoms with Gasteiger partial charge in [0.1, 0.15) is 0 Å². The van der Waals surface area contributed by atoms with E-state index in [2.05, 4.69) is 25.7 Å². The highest BCUT2D eigenvalue weighted by Crippen LogP contribution is 2.14. The predicted molar refractivity (Wildman–Crippen MR) is 179 cm³/mol. The number of aliphatic hydroxyl groups excluding tert-OH is 1. The van der Waals surface area contributed by atoms with E-state index >= 15 is 0 Å². The minimum absolute atomic E-state index is 0.176. The van der Waals surface area contributed by atoms with E-state index in [-0.39, 0.29) is 12.5 Å². The van der Waals surface area contributed by atoms with Gasteiger partial charge in [0.2, 0.25) is 0 Å². The van der Waals surface area contributed by atoms with Crippen LogP contribution in [0.2, 0.25) is 0 Å². The van der Waals surface area contributed by atoms with Gasteiger partial charge in [0.05, 0.1) is 6.61 Å². The number of aliphatic hydroxyl groups is 1. The van der Waals surface area contributed by atoms with E-state index in [0.717, 1.165) is 25.9 Å². The van der Waals surface area contributed by atoms with Crippen LogP contribution in [0.25, 0.3) is 0 Å². The van der Waals surface area contributed by atoms with Gasteiger partial charge in [-0.1, -0.05) is 181 Å². The van der Waals surface area contributed by atoms with Crippen molar-refractivity contribution >= 4 is 0 Å². The Morgan fingerprint density at radius 1 is 0.450 bits per heavy atom. The van der Waals surface area contributed by atoms with Gasteiger partial charge in [-0.3, -0.25) is 0 Å². The van der Waals surface area contributed by atoms with Crippen molar-refractivity contribution in [3.63, 3.8) is 0 Å². The quantitative estimate of drug-likeness (QED) is 0.0636. The Hall–Kier alpha value is -0.520. The van der Waals surface area contributed by atoms with Crippen molar-refractivity contribution in [3.8, 4) is 11.8 Å². The fourth-order valence-corrected chi connectivity index (χ4v) is 5.54. The first kappa shape index (κ1) is 39.5. The number of rotatable bonds is 33. The van der Waals surface area contributed by atoms with Crippen molar-refractivity contribution in [3.05, 3.63) is 0 Å². The lowest BCUT2D eigenvalue weighted by Gasteiger charge is -2.11. The van der Waals surface area contributed by atoms with Gasteiger partial charge in [0.25, 0.3) is 0 Å². The second-order valence-corrected chi connectivity index (χ2v) is 12.6. The second kappa shape index (κ2) is 36.5. The fraction of sp³-hybridized carbons (Fsp3) is 0.947. The summed E-state index contributed by atoms with van der Waals surface area (Å²) >= 11 is 0. The van der Waals surface area contributed by atoms with E-state index in [4.69, 9.17) is 4.74 Å². The zero-order valence-electron chi connectivity index (χ0n) is 27.8. The van der Waals surface area contributed by atoms with Gasteiger partial charge in [0.15, 0.2) is 0 Å². The third-order valence-corrected chi connectivity index (χ3v) is 8.43. The molecule has 0 aromatic heterocycles. The van der Waals surface area contributed by atoms with Crippen molar-refractivity contribution in [2.75, 3.05) is 19.8 Å². The van der Waals surface area contributed by atoms with E-state index in [1.165, 1.54) is 173 Å². The van der Waals surface area contributed by atoms with Gasteiger partial charge in [-0.05, 0) is 12.8 Å². The third-order valence-electron chi connectivity index (χ3n) is 8.43. The van der Waals surface area contributed by atoms with E-state index in [1.807, 2.05) is 0 Å². The van der Waals surface area contributed by atoms with E-state index in [9.17, 15) is 5.11 Å². The molecule has 0 aromatic rings. The molecule has 0 saturated carbocycles. The molecule has 0 fully saturated rings. The number of unbranched alkanes of at least 4 members (excludes halogenated alkanes) is 27. The molecular weight excluding hydrogens is 488 g/mol. The van der Waals surface area contributed by atoms with E-state index in [0.29, 0.717) is 6.61 Å². The summed E-state index contributed by atoms with van der Waals surface area (Å²) in [6.07, 6.45) is 40.8.